The molecule has 2 rings (SSSR count). The minimum Gasteiger partial charge on any atom is -0.480 e. The Balaban J connectivity index is 1.91. The summed E-state index contributed by atoms with van der Waals surface area (Å²) in [4.78, 5) is 24.0. The maximum absolute atomic E-state index is 12.8. The highest BCUT2D eigenvalue weighted by molar-refractivity contribution is 5.78. The third-order valence-electron chi connectivity index (χ3n) is 3.03. The molecule has 0 bridgehead atoms. The smallest absolute Gasteiger partial charge is 0.329 e. The number of carbonyl (C=O) groups is 2. The molecule has 1 fully saturated rings. The lowest BCUT2D eigenvalue weighted by atomic mass is 10.2. The molecule has 1 aliphatic carbocycles. The van der Waals surface area contributed by atoms with Crippen LogP contribution >= 0.6 is 0 Å². The summed E-state index contributed by atoms with van der Waals surface area (Å²) < 4.78 is 17.7. The number of carboxylic acid groups (broad SMARTS) is 1. The van der Waals surface area contributed by atoms with Crippen LogP contribution in [0.15, 0.2) is 24.3 Å². The normalized spacial score (nSPS) is 14.1. The van der Waals surface area contributed by atoms with Crippen molar-refractivity contribution in [1.82, 2.24) is 4.90 Å². The van der Waals surface area contributed by atoms with E-state index in [2.05, 4.69) is 0 Å². The molecule has 0 saturated heterocycles. The zero-order valence-electron chi connectivity index (χ0n) is 10.9. The van der Waals surface area contributed by atoms with Gasteiger partial charge in [0.2, 0.25) is 5.91 Å². The molecule has 1 aliphatic rings. The van der Waals surface area contributed by atoms with Crippen LogP contribution in [0.25, 0.3) is 0 Å². The predicted octanol–water partition coefficient (Wildman–Crippen LogP) is 1.42. The maximum atomic E-state index is 12.8. The molecule has 1 amide bonds. The first-order valence-electron chi connectivity index (χ1n) is 6.39. The number of benzene rings is 1. The van der Waals surface area contributed by atoms with E-state index in [4.69, 9.17) is 9.84 Å². The van der Waals surface area contributed by atoms with E-state index in [1.54, 1.807) is 17.0 Å². The molecule has 5 nitrogen and oxygen atoms in total. The second-order valence-corrected chi connectivity index (χ2v) is 4.77. The number of amides is 1. The third-order valence-corrected chi connectivity index (χ3v) is 3.03. The monoisotopic (exact) mass is 281 g/mol. The van der Waals surface area contributed by atoms with Crippen LogP contribution in [0.5, 0.6) is 0 Å². The fraction of sp³-hybridized carbons (Fsp3) is 0.429. The number of carbonyl (C=O) groups excluding carboxylic acids is 1. The van der Waals surface area contributed by atoms with Gasteiger partial charge in [0.05, 0.1) is 0 Å². The van der Waals surface area contributed by atoms with Crippen molar-refractivity contribution in [2.24, 2.45) is 0 Å². The fourth-order valence-corrected chi connectivity index (χ4v) is 1.90. The molecule has 108 valence electrons. The van der Waals surface area contributed by atoms with Crippen LogP contribution < -0.4 is 0 Å². The second-order valence-electron chi connectivity index (χ2n) is 4.77. The van der Waals surface area contributed by atoms with Crippen molar-refractivity contribution in [3.8, 4) is 0 Å². The Morgan fingerprint density at radius 2 is 1.90 bits per heavy atom. The van der Waals surface area contributed by atoms with Crippen molar-refractivity contribution in [2.75, 3.05) is 13.2 Å². The predicted molar refractivity (Wildman–Crippen MR) is 68.4 cm³/mol. The zero-order chi connectivity index (χ0) is 14.5. The van der Waals surface area contributed by atoms with Gasteiger partial charge in [0.25, 0.3) is 0 Å². The van der Waals surface area contributed by atoms with Gasteiger partial charge < -0.3 is 14.7 Å². The van der Waals surface area contributed by atoms with E-state index >= 15 is 0 Å². The van der Waals surface area contributed by atoms with E-state index in [-0.39, 0.29) is 24.4 Å². The molecule has 0 aromatic heterocycles. The van der Waals surface area contributed by atoms with Gasteiger partial charge in [0.15, 0.2) is 0 Å². The lowest BCUT2D eigenvalue weighted by Crippen LogP contribution is -2.35. The van der Waals surface area contributed by atoms with E-state index in [1.165, 1.54) is 12.1 Å². The quantitative estimate of drug-likeness (QED) is 0.820. The van der Waals surface area contributed by atoms with Crippen LogP contribution in [0.3, 0.4) is 0 Å². The average Bonchev–Trinajstić information content (AvgIpc) is 3.21. The summed E-state index contributed by atoms with van der Waals surface area (Å²) in [7, 11) is 0. The van der Waals surface area contributed by atoms with Crippen LogP contribution in [0.1, 0.15) is 18.4 Å². The minimum absolute atomic E-state index is 0.181. The first-order chi connectivity index (χ1) is 9.56. The summed E-state index contributed by atoms with van der Waals surface area (Å²) in [6.45, 7) is -0.342. The number of nitrogens with zero attached hydrogens (tertiary/aromatic N) is 1. The van der Waals surface area contributed by atoms with Gasteiger partial charge >= 0.3 is 5.97 Å². The van der Waals surface area contributed by atoms with Crippen molar-refractivity contribution >= 4 is 11.9 Å². The van der Waals surface area contributed by atoms with E-state index in [1.807, 2.05) is 0 Å². The molecular weight excluding hydrogens is 265 g/mol. The fourth-order valence-electron chi connectivity index (χ4n) is 1.90. The molecule has 1 aromatic carbocycles. The highest BCUT2D eigenvalue weighted by atomic mass is 19.1. The first kappa shape index (κ1) is 14.5. The Labute approximate surface area is 116 Å². The van der Waals surface area contributed by atoms with E-state index < -0.39 is 12.6 Å². The maximum Gasteiger partial charge on any atom is 0.329 e. The highest BCUT2D eigenvalue weighted by Crippen LogP contribution is 2.28. The SMILES string of the molecule is O=C(O)COCC(=O)N(Cc1ccc(F)cc1)C1CC1. The van der Waals surface area contributed by atoms with Gasteiger partial charge in [0.1, 0.15) is 19.0 Å². The molecular formula is C14H16FNO4. The number of hydrogen-bond acceptors (Lipinski definition) is 3. The highest BCUT2D eigenvalue weighted by Gasteiger charge is 2.32. The van der Waals surface area contributed by atoms with Crippen molar-refractivity contribution in [2.45, 2.75) is 25.4 Å². The molecule has 0 heterocycles. The Bertz CT molecular complexity index is 484. The Kier molecular flexibility index (Phi) is 4.68. The molecule has 0 spiro atoms. The molecule has 0 unspecified atom stereocenters. The summed E-state index contributed by atoms with van der Waals surface area (Å²) in [5, 5.41) is 8.46. The summed E-state index contributed by atoms with van der Waals surface area (Å²) in [5.41, 5.74) is 0.838. The van der Waals surface area contributed by atoms with Gasteiger partial charge in [0, 0.05) is 12.6 Å². The Morgan fingerprint density at radius 1 is 1.25 bits per heavy atom. The van der Waals surface area contributed by atoms with Crippen molar-refractivity contribution < 1.29 is 23.8 Å². The van der Waals surface area contributed by atoms with Crippen LogP contribution in [0.2, 0.25) is 0 Å². The van der Waals surface area contributed by atoms with Gasteiger partial charge in [-0.3, -0.25) is 4.79 Å². The van der Waals surface area contributed by atoms with Gasteiger partial charge in [-0.2, -0.15) is 0 Å². The molecule has 1 N–H and O–H groups in total. The van der Waals surface area contributed by atoms with Gasteiger partial charge in [-0.05, 0) is 30.5 Å². The summed E-state index contributed by atoms with van der Waals surface area (Å²) in [6.07, 6.45) is 1.87. The van der Waals surface area contributed by atoms with E-state index in [0.29, 0.717) is 6.54 Å². The number of aliphatic carboxylic acids is 1. The second kappa shape index (κ2) is 6.47. The topological polar surface area (TPSA) is 66.8 Å². The van der Waals surface area contributed by atoms with Crippen molar-refractivity contribution in [3.05, 3.63) is 35.6 Å². The van der Waals surface area contributed by atoms with Crippen LogP contribution in [-0.2, 0) is 20.9 Å². The van der Waals surface area contributed by atoms with Crippen molar-refractivity contribution in [3.63, 3.8) is 0 Å². The summed E-state index contributed by atoms with van der Waals surface area (Å²) in [6, 6.07) is 6.16. The largest absolute Gasteiger partial charge is 0.480 e. The standard InChI is InChI=1S/C14H16FNO4/c15-11-3-1-10(2-4-11)7-16(12-5-6-12)13(17)8-20-9-14(18)19/h1-4,12H,5-9H2,(H,18,19). The van der Waals surface area contributed by atoms with Gasteiger partial charge in [-0.15, -0.1) is 0 Å². The Morgan fingerprint density at radius 3 is 2.45 bits per heavy atom. The van der Waals surface area contributed by atoms with Crippen LogP contribution in [-0.4, -0.2) is 41.1 Å². The number of halogens is 1. The van der Waals surface area contributed by atoms with Gasteiger partial charge in [-0.1, -0.05) is 12.1 Å². The van der Waals surface area contributed by atoms with E-state index in [9.17, 15) is 14.0 Å². The lowest BCUT2D eigenvalue weighted by molar-refractivity contribution is -0.146. The number of hydrogen-bond donors (Lipinski definition) is 1. The van der Waals surface area contributed by atoms with Crippen LogP contribution in [0.4, 0.5) is 4.39 Å². The summed E-state index contributed by atoms with van der Waals surface area (Å²) >= 11 is 0. The molecule has 1 saturated carbocycles. The third kappa shape index (κ3) is 4.31. The molecule has 20 heavy (non-hydrogen) atoms. The zero-order valence-corrected chi connectivity index (χ0v) is 10.9. The van der Waals surface area contributed by atoms with E-state index in [0.717, 1.165) is 18.4 Å². The Hall–Kier alpha value is -1.95. The number of carboxylic acids is 1. The molecule has 0 atom stereocenters. The molecule has 6 heteroatoms. The first-order valence-corrected chi connectivity index (χ1v) is 6.39. The summed E-state index contributed by atoms with van der Waals surface area (Å²) in [5.74, 6) is -1.66. The number of rotatable bonds is 7. The van der Waals surface area contributed by atoms with Crippen LogP contribution in [0, 0.1) is 5.82 Å². The lowest BCUT2D eigenvalue weighted by Gasteiger charge is -2.22. The molecule has 0 aliphatic heterocycles. The van der Waals surface area contributed by atoms with Gasteiger partial charge in [-0.25, -0.2) is 9.18 Å². The minimum atomic E-state index is -1.10. The number of ether oxygens (including phenoxy) is 1. The average molecular weight is 281 g/mol. The molecule has 1 aromatic rings. The molecule has 0 radical (unpaired) electrons. The van der Waals surface area contributed by atoms with Crippen molar-refractivity contribution in [1.29, 1.82) is 0 Å².